The Kier molecular flexibility index (Phi) is 14.3. The van der Waals surface area contributed by atoms with Crippen molar-refractivity contribution in [1.29, 1.82) is 0 Å². The van der Waals surface area contributed by atoms with Crippen LogP contribution in [-0.4, -0.2) is 12.1 Å². The quantitative estimate of drug-likeness (QED) is 0.555. The van der Waals surface area contributed by atoms with Crippen molar-refractivity contribution in [3.05, 3.63) is 5.32 Å². The second-order valence-electron chi connectivity index (χ2n) is 3.42. The molecule has 0 radical (unpaired) electrons. The SMILES string of the molecule is CCCC(C)[N-]C(C)CCC.[K+]. The van der Waals surface area contributed by atoms with Gasteiger partial charge >= 0.3 is 51.4 Å². The van der Waals surface area contributed by atoms with Gasteiger partial charge < -0.3 is 5.32 Å². The van der Waals surface area contributed by atoms with Gasteiger partial charge in [0.1, 0.15) is 0 Å². The molecule has 0 rings (SSSR count). The van der Waals surface area contributed by atoms with E-state index in [0.29, 0.717) is 12.1 Å². The van der Waals surface area contributed by atoms with Crippen molar-refractivity contribution in [2.45, 2.75) is 65.5 Å². The van der Waals surface area contributed by atoms with Crippen molar-refractivity contribution in [3.63, 3.8) is 0 Å². The fraction of sp³-hybridized carbons (Fsp3) is 1.00. The van der Waals surface area contributed by atoms with Gasteiger partial charge in [-0.2, -0.15) is 0 Å². The maximum atomic E-state index is 4.66. The van der Waals surface area contributed by atoms with Crippen LogP contribution in [-0.2, 0) is 0 Å². The minimum absolute atomic E-state index is 0. The van der Waals surface area contributed by atoms with Gasteiger partial charge in [0.25, 0.3) is 0 Å². The van der Waals surface area contributed by atoms with E-state index in [1.165, 1.54) is 25.7 Å². The summed E-state index contributed by atoms with van der Waals surface area (Å²) in [5.41, 5.74) is 0. The van der Waals surface area contributed by atoms with Crippen LogP contribution in [0.4, 0.5) is 0 Å². The Balaban J connectivity index is 0. The normalized spacial score (nSPS) is 15.0. The van der Waals surface area contributed by atoms with E-state index in [-0.39, 0.29) is 51.4 Å². The van der Waals surface area contributed by atoms with E-state index < -0.39 is 0 Å². The number of nitrogens with zero attached hydrogens (tertiary/aromatic N) is 1. The predicted molar refractivity (Wildman–Crippen MR) is 52.1 cm³/mol. The molecule has 2 atom stereocenters. The molecule has 0 heterocycles. The van der Waals surface area contributed by atoms with Gasteiger partial charge in [-0.15, -0.1) is 12.1 Å². The van der Waals surface area contributed by atoms with Crippen molar-refractivity contribution in [3.8, 4) is 0 Å². The Morgan fingerprint density at radius 3 is 1.50 bits per heavy atom. The molecule has 0 aliphatic heterocycles. The summed E-state index contributed by atoms with van der Waals surface area (Å²) in [7, 11) is 0. The van der Waals surface area contributed by atoms with E-state index in [4.69, 9.17) is 0 Å². The Morgan fingerprint density at radius 1 is 0.917 bits per heavy atom. The Labute approximate surface area is 120 Å². The molecule has 0 amide bonds. The molecule has 0 aromatic heterocycles. The van der Waals surface area contributed by atoms with E-state index in [2.05, 4.69) is 33.0 Å². The van der Waals surface area contributed by atoms with Gasteiger partial charge in [0, 0.05) is 0 Å². The smallest absolute Gasteiger partial charge is 0.657 e. The first-order chi connectivity index (χ1) is 5.20. The summed E-state index contributed by atoms with van der Waals surface area (Å²) >= 11 is 0. The van der Waals surface area contributed by atoms with Crippen LogP contribution >= 0.6 is 0 Å². The zero-order chi connectivity index (χ0) is 8.69. The number of hydrogen-bond acceptors (Lipinski definition) is 0. The molecular formula is C10H22KN. The van der Waals surface area contributed by atoms with Crippen molar-refractivity contribution < 1.29 is 51.4 Å². The molecule has 0 saturated carbocycles. The first kappa shape index (κ1) is 16.0. The predicted octanol–water partition coefficient (Wildman–Crippen LogP) is 0.741. The van der Waals surface area contributed by atoms with Crippen molar-refractivity contribution in [2.24, 2.45) is 0 Å². The summed E-state index contributed by atoms with van der Waals surface area (Å²) in [5, 5.41) is 4.66. The van der Waals surface area contributed by atoms with Crippen LogP contribution in [0.3, 0.4) is 0 Å². The molecule has 12 heavy (non-hydrogen) atoms. The molecule has 0 bridgehead atoms. The van der Waals surface area contributed by atoms with E-state index >= 15 is 0 Å². The van der Waals surface area contributed by atoms with Gasteiger partial charge in [-0.1, -0.05) is 53.4 Å². The first-order valence-corrected chi connectivity index (χ1v) is 4.90. The molecule has 0 fully saturated rings. The van der Waals surface area contributed by atoms with E-state index in [0.717, 1.165) is 0 Å². The zero-order valence-corrected chi connectivity index (χ0v) is 12.6. The largest absolute Gasteiger partial charge is 1.00 e. The van der Waals surface area contributed by atoms with Gasteiger partial charge in [-0.3, -0.25) is 0 Å². The van der Waals surface area contributed by atoms with Gasteiger partial charge in [0.05, 0.1) is 0 Å². The molecule has 1 nitrogen and oxygen atoms in total. The average molecular weight is 195 g/mol. The summed E-state index contributed by atoms with van der Waals surface area (Å²) in [5.74, 6) is 0. The minimum atomic E-state index is 0. The minimum Gasteiger partial charge on any atom is -0.657 e. The standard InChI is InChI=1S/C10H22N.K/c1-5-7-9(3)11-10(4)8-6-2;/h9-10H,5-8H2,1-4H3;/q-1;+1. The van der Waals surface area contributed by atoms with Crippen LogP contribution in [0, 0.1) is 0 Å². The molecule has 0 aliphatic carbocycles. The van der Waals surface area contributed by atoms with Crippen LogP contribution in [0.5, 0.6) is 0 Å². The van der Waals surface area contributed by atoms with Crippen molar-refractivity contribution >= 4 is 0 Å². The molecule has 0 spiro atoms. The molecule has 0 aromatic carbocycles. The summed E-state index contributed by atoms with van der Waals surface area (Å²) in [4.78, 5) is 0. The maximum Gasteiger partial charge on any atom is 1.00 e. The zero-order valence-electron chi connectivity index (χ0n) is 9.43. The third-order valence-electron chi connectivity index (χ3n) is 1.92. The maximum absolute atomic E-state index is 4.66. The molecule has 0 aliphatic rings. The van der Waals surface area contributed by atoms with Crippen molar-refractivity contribution in [1.82, 2.24) is 0 Å². The fourth-order valence-corrected chi connectivity index (χ4v) is 1.42. The second-order valence-corrected chi connectivity index (χ2v) is 3.42. The number of hydrogen-bond donors (Lipinski definition) is 0. The monoisotopic (exact) mass is 195 g/mol. The van der Waals surface area contributed by atoms with Gasteiger partial charge in [0.2, 0.25) is 0 Å². The van der Waals surface area contributed by atoms with Crippen LogP contribution in [0.1, 0.15) is 53.4 Å². The summed E-state index contributed by atoms with van der Waals surface area (Å²) in [6.07, 6.45) is 5.00. The second kappa shape index (κ2) is 10.7. The van der Waals surface area contributed by atoms with Crippen LogP contribution in [0.15, 0.2) is 0 Å². The van der Waals surface area contributed by atoms with Gasteiger partial charge in [-0.05, 0) is 0 Å². The van der Waals surface area contributed by atoms with E-state index in [1.807, 2.05) is 0 Å². The first-order valence-electron chi connectivity index (χ1n) is 4.90. The number of rotatable bonds is 6. The molecule has 0 saturated heterocycles. The Bertz CT molecular complexity index is 75.9. The van der Waals surface area contributed by atoms with Gasteiger partial charge in [-0.25, -0.2) is 0 Å². The third kappa shape index (κ3) is 9.68. The summed E-state index contributed by atoms with van der Waals surface area (Å²) in [6.45, 7) is 8.87. The van der Waals surface area contributed by atoms with Crippen molar-refractivity contribution in [2.75, 3.05) is 0 Å². The van der Waals surface area contributed by atoms with Crippen LogP contribution in [0.2, 0.25) is 0 Å². The van der Waals surface area contributed by atoms with Crippen LogP contribution < -0.4 is 51.4 Å². The molecule has 2 heteroatoms. The molecule has 0 aromatic rings. The topological polar surface area (TPSA) is 14.1 Å². The average Bonchev–Trinajstić information content (AvgIpc) is 1.87. The van der Waals surface area contributed by atoms with Gasteiger partial charge in [0.15, 0.2) is 0 Å². The third-order valence-corrected chi connectivity index (χ3v) is 1.92. The van der Waals surface area contributed by atoms with E-state index in [1.54, 1.807) is 0 Å². The Hall–Kier alpha value is 1.60. The molecule has 68 valence electrons. The fourth-order valence-electron chi connectivity index (χ4n) is 1.42. The Morgan fingerprint density at radius 2 is 1.25 bits per heavy atom. The molecule has 0 N–H and O–H groups in total. The van der Waals surface area contributed by atoms with Crippen LogP contribution in [0.25, 0.3) is 5.32 Å². The molecule has 2 unspecified atom stereocenters. The van der Waals surface area contributed by atoms with E-state index in [9.17, 15) is 0 Å². The summed E-state index contributed by atoms with van der Waals surface area (Å²) in [6, 6.07) is 1.14. The summed E-state index contributed by atoms with van der Waals surface area (Å²) < 4.78 is 0. The molecular weight excluding hydrogens is 173 g/mol.